The maximum Gasteiger partial charge on any atom is 0.264 e. The van der Waals surface area contributed by atoms with E-state index in [2.05, 4.69) is 14.9 Å². The lowest BCUT2D eigenvalue weighted by atomic mass is 9.63. The van der Waals surface area contributed by atoms with Gasteiger partial charge in [0.1, 0.15) is 12.4 Å². The van der Waals surface area contributed by atoms with Crippen molar-refractivity contribution >= 4 is 39.1 Å². The van der Waals surface area contributed by atoms with Crippen molar-refractivity contribution in [1.82, 2.24) is 10.0 Å². The fourth-order valence-electron chi connectivity index (χ4n) is 7.00. The summed E-state index contributed by atoms with van der Waals surface area (Å²) < 4.78 is 41.7. The number of methoxy groups -OCH3 is 1. The van der Waals surface area contributed by atoms with E-state index < -0.39 is 26.8 Å². The third kappa shape index (κ3) is 7.39. The number of hydrogen-bond donors (Lipinski definition) is 2. The maximum absolute atomic E-state index is 13.4. The Balaban J connectivity index is 1.59. The maximum atomic E-state index is 13.4. The van der Waals surface area contributed by atoms with Gasteiger partial charge in [-0.3, -0.25) is 9.59 Å². The number of aryl methyl sites for hydroxylation is 1. The summed E-state index contributed by atoms with van der Waals surface area (Å²) in [6, 6.07) is 11.0. The number of amides is 2. The third-order valence-electron chi connectivity index (χ3n) is 10.3. The van der Waals surface area contributed by atoms with Crippen LogP contribution in [0, 0.1) is 17.8 Å². The minimum Gasteiger partial charge on any atom is -0.487 e. The van der Waals surface area contributed by atoms with Crippen LogP contribution in [0.4, 0.5) is 5.69 Å². The molecule has 250 valence electrons. The van der Waals surface area contributed by atoms with Crippen molar-refractivity contribution in [3.8, 4) is 5.75 Å². The predicted octanol–water partition coefficient (Wildman–Crippen LogP) is 5.65. The highest BCUT2D eigenvalue weighted by Gasteiger charge is 2.48. The molecule has 2 heterocycles. The highest BCUT2D eigenvalue weighted by atomic mass is 35.5. The molecule has 2 aromatic rings. The minimum atomic E-state index is -3.99. The molecule has 0 radical (unpaired) electrons. The molecule has 5 atom stereocenters. The summed E-state index contributed by atoms with van der Waals surface area (Å²) in [6.07, 6.45) is 9.08. The number of allylic oxidation sites excluding steroid dienone is 1. The standard InChI is InChI=1S/C35H46ClN3O6S/c1-23-8-7-16-35(44-4,20-33(40)37-3)30-14-11-27(30)21-39-17-6-5-9-25-18-29(36)13-10-28(25)22-45-32-15-12-26(19-31(32)39)34(41)38-46(42,43)24(23)2/h7,10,12-13,15-16,18-19,23-24,27,30H,5-6,8-9,11,14,17,20-22H2,1-4H3,(H,37,40)(H,38,41)/b16-7+/t23-,24+,27-,30+,35+/m0/s1. The molecule has 2 N–H and O–H groups in total. The van der Waals surface area contributed by atoms with Gasteiger partial charge in [0.15, 0.2) is 0 Å². The summed E-state index contributed by atoms with van der Waals surface area (Å²) in [5.74, 6) is -0.179. The van der Waals surface area contributed by atoms with Crippen molar-refractivity contribution in [2.75, 3.05) is 32.1 Å². The molecule has 1 saturated carbocycles. The number of fused-ring (bicyclic) bond motifs is 3. The van der Waals surface area contributed by atoms with E-state index >= 15 is 0 Å². The van der Waals surface area contributed by atoms with Gasteiger partial charge in [-0.05, 0) is 105 Å². The molecule has 0 aromatic heterocycles. The number of benzene rings is 2. The Hall–Kier alpha value is -3.08. The average Bonchev–Trinajstić information content (AvgIpc) is 3.04. The molecule has 1 fully saturated rings. The van der Waals surface area contributed by atoms with E-state index in [0.717, 1.165) is 48.9 Å². The van der Waals surface area contributed by atoms with Gasteiger partial charge in [-0.1, -0.05) is 36.7 Å². The molecule has 46 heavy (non-hydrogen) atoms. The monoisotopic (exact) mass is 671 g/mol. The van der Waals surface area contributed by atoms with Crippen molar-refractivity contribution in [1.29, 1.82) is 0 Å². The number of anilines is 1. The molecule has 1 aliphatic carbocycles. The predicted molar refractivity (Wildman–Crippen MR) is 181 cm³/mol. The molecule has 2 aliphatic heterocycles. The van der Waals surface area contributed by atoms with Crippen LogP contribution in [0.3, 0.4) is 0 Å². The first-order chi connectivity index (χ1) is 22.0. The summed E-state index contributed by atoms with van der Waals surface area (Å²) in [5.41, 5.74) is 2.36. The largest absolute Gasteiger partial charge is 0.487 e. The average molecular weight is 672 g/mol. The second-order valence-corrected chi connectivity index (χ2v) is 15.5. The second-order valence-electron chi connectivity index (χ2n) is 13.0. The SMILES string of the molecule is CNC(=O)C[C@]1(OC)/C=C/C[C@H](C)[C@@H](C)S(=O)(=O)NC(=O)c2ccc3c(c2)N(CCCCc2cc(Cl)ccc2CO3)C[C@@H]2CC[C@H]21. The number of nitrogens with one attached hydrogen (secondary N) is 2. The number of carbonyl (C=O) groups is 2. The summed E-state index contributed by atoms with van der Waals surface area (Å²) in [5, 5.41) is 2.61. The summed E-state index contributed by atoms with van der Waals surface area (Å²) in [6.45, 7) is 5.17. The van der Waals surface area contributed by atoms with Crippen LogP contribution >= 0.6 is 11.6 Å². The normalized spacial score (nSPS) is 29.0. The zero-order valence-corrected chi connectivity index (χ0v) is 28.8. The molecular weight excluding hydrogens is 626 g/mol. The lowest BCUT2D eigenvalue weighted by Gasteiger charge is -2.49. The van der Waals surface area contributed by atoms with Crippen molar-refractivity contribution in [3.05, 3.63) is 70.3 Å². The van der Waals surface area contributed by atoms with E-state index in [4.69, 9.17) is 21.1 Å². The Morgan fingerprint density at radius 2 is 1.96 bits per heavy atom. The van der Waals surface area contributed by atoms with Gasteiger partial charge < -0.3 is 19.7 Å². The van der Waals surface area contributed by atoms with Crippen molar-refractivity contribution in [2.45, 2.75) is 76.3 Å². The van der Waals surface area contributed by atoms with Gasteiger partial charge in [0.05, 0.1) is 23.0 Å². The lowest BCUT2D eigenvalue weighted by Crippen LogP contribution is -2.52. The van der Waals surface area contributed by atoms with Crippen LogP contribution in [0.1, 0.15) is 73.9 Å². The molecular formula is C35H46ClN3O6S. The summed E-state index contributed by atoms with van der Waals surface area (Å²) in [4.78, 5) is 28.5. The van der Waals surface area contributed by atoms with E-state index in [-0.39, 0.29) is 35.6 Å². The van der Waals surface area contributed by atoms with Crippen LogP contribution in [0.2, 0.25) is 5.02 Å². The second kappa shape index (κ2) is 14.4. The van der Waals surface area contributed by atoms with E-state index in [1.165, 1.54) is 0 Å². The van der Waals surface area contributed by atoms with Gasteiger partial charge in [0.25, 0.3) is 5.91 Å². The number of rotatable bonds is 3. The molecule has 0 saturated heterocycles. The highest BCUT2D eigenvalue weighted by molar-refractivity contribution is 7.90. The molecule has 3 aliphatic rings. The zero-order chi connectivity index (χ0) is 33.1. The lowest BCUT2D eigenvalue weighted by molar-refractivity contribution is -0.132. The molecule has 0 spiro atoms. The Kier molecular flexibility index (Phi) is 10.7. The first-order valence-corrected chi connectivity index (χ1v) is 18.2. The Labute approximate surface area is 278 Å². The van der Waals surface area contributed by atoms with Crippen LogP contribution in [-0.2, 0) is 32.6 Å². The van der Waals surface area contributed by atoms with Gasteiger partial charge in [-0.2, -0.15) is 0 Å². The summed E-state index contributed by atoms with van der Waals surface area (Å²) >= 11 is 6.34. The number of halogens is 1. The number of hydrogen-bond acceptors (Lipinski definition) is 7. The molecule has 0 unspecified atom stereocenters. The molecule has 5 rings (SSSR count). The third-order valence-corrected chi connectivity index (χ3v) is 12.4. The Bertz CT molecular complexity index is 1580. The first kappa shape index (κ1) is 34.3. The number of nitrogens with zero attached hydrogens (tertiary/aromatic N) is 1. The quantitative estimate of drug-likeness (QED) is 0.405. The van der Waals surface area contributed by atoms with Crippen LogP contribution in [0.15, 0.2) is 48.6 Å². The molecule has 2 bridgehead atoms. The van der Waals surface area contributed by atoms with Gasteiger partial charge >= 0.3 is 0 Å². The van der Waals surface area contributed by atoms with E-state index in [9.17, 15) is 18.0 Å². The van der Waals surface area contributed by atoms with E-state index in [1.54, 1.807) is 39.3 Å². The topological polar surface area (TPSA) is 114 Å². The fourth-order valence-corrected chi connectivity index (χ4v) is 8.48. The Morgan fingerprint density at radius 1 is 1.15 bits per heavy atom. The fraction of sp³-hybridized carbons (Fsp3) is 0.543. The molecule has 2 aromatic carbocycles. The number of carbonyl (C=O) groups excluding carboxylic acids is 2. The highest BCUT2D eigenvalue weighted by Crippen LogP contribution is 2.47. The van der Waals surface area contributed by atoms with Gasteiger partial charge in [-0.15, -0.1) is 0 Å². The number of ether oxygens (including phenoxy) is 2. The van der Waals surface area contributed by atoms with E-state index in [1.807, 2.05) is 37.3 Å². The van der Waals surface area contributed by atoms with Crippen molar-refractivity contribution in [3.63, 3.8) is 0 Å². The molecule has 9 nitrogen and oxygen atoms in total. The van der Waals surface area contributed by atoms with Crippen LogP contribution in [0.25, 0.3) is 0 Å². The summed E-state index contributed by atoms with van der Waals surface area (Å²) in [7, 11) is -0.707. The zero-order valence-electron chi connectivity index (χ0n) is 27.2. The van der Waals surface area contributed by atoms with E-state index in [0.29, 0.717) is 36.9 Å². The first-order valence-electron chi connectivity index (χ1n) is 16.2. The molecule has 2 amide bonds. The Morgan fingerprint density at radius 3 is 2.67 bits per heavy atom. The van der Waals surface area contributed by atoms with Gasteiger partial charge in [0, 0.05) is 37.8 Å². The van der Waals surface area contributed by atoms with Crippen LogP contribution < -0.4 is 19.7 Å². The molecule has 11 heteroatoms. The van der Waals surface area contributed by atoms with Crippen LogP contribution in [0.5, 0.6) is 5.75 Å². The smallest absolute Gasteiger partial charge is 0.264 e. The van der Waals surface area contributed by atoms with Gasteiger partial charge in [0.2, 0.25) is 15.9 Å². The minimum absolute atomic E-state index is 0.0656. The number of sulfonamides is 1. The van der Waals surface area contributed by atoms with Crippen molar-refractivity contribution in [2.24, 2.45) is 17.8 Å². The van der Waals surface area contributed by atoms with Crippen molar-refractivity contribution < 1.29 is 27.5 Å². The van der Waals surface area contributed by atoms with Crippen LogP contribution in [-0.4, -0.2) is 58.3 Å². The van der Waals surface area contributed by atoms with Gasteiger partial charge in [-0.25, -0.2) is 13.1 Å².